The molecule has 0 atom stereocenters. The Kier molecular flexibility index (Phi) is 9.78. The number of alkyl halides is 3. The van der Waals surface area contributed by atoms with Crippen molar-refractivity contribution in [3.8, 4) is 34.2 Å². The summed E-state index contributed by atoms with van der Waals surface area (Å²) in [6.07, 6.45) is -1.08. The number of hydrogen-bond acceptors (Lipinski definition) is 6. The largest absolute Gasteiger partial charge is 0.405 e. The third kappa shape index (κ3) is 7.33. The number of aryl methyl sites for hydroxylation is 1. The van der Waals surface area contributed by atoms with E-state index in [-0.39, 0.29) is 27.7 Å². The number of carbonyl (C=O) groups excluding carboxylic acids is 3. The van der Waals surface area contributed by atoms with Crippen LogP contribution in [0, 0.1) is 17.3 Å². The van der Waals surface area contributed by atoms with Crippen LogP contribution >= 0.6 is 11.6 Å². The van der Waals surface area contributed by atoms with Gasteiger partial charge in [0.1, 0.15) is 12.4 Å². The van der Waals surface area contributed by atoms with E-state index < -0.39 is 30.4 Å². The molecule has 3 amide bonds. The maximum absolute atomic E-state index is 13.3. The molecule has 10 nitrogen and oxygen atoms in total. The zero-order chi connectivity index (χ0) is 37.5. The molecule has 4 aromatic rings. The van der Waals surface area contributed by atoms with Crippen molar-refractivity contribution >= 4 is 51.7 Å². The van der Waals surface area contributed by atoms with Gasteiger partial charge in [0.15, 0.2) is 5.83 Å². The van der Waals surface area contributed by atoms with Crippen molar-refractivity contribution in [2.45, 2.75) is 19.0 Å². The molecular weight excluding hydrogens is 702 g/mol. The van der Waals surface area contributed by atoms with E-state index in [1.807, 2.05) is 9.88 Å². The number of pyridine rings is 1. The Balaban J connectivity index is 1.42. The summed E-state index contributed by atoms with van der Waals surface area (Å²) in [5.41, 5.74) is 9.82. The first-order valence-corrected chi connectivity index (χ1v) is 16.6. The highest BCUT2D eigenvalue weighted by atomic mass is 35.5. The molecule has 0 aliphatic carbocycles. The van der Waals surface area contributed by atoms with E-state index in [1.54, 1.807) is 36.2 Å². The van der Waals surface area contributed by atoms with E-state index in [2.05, 4.69) is 40.7 Å². The van der Waals surface area contributed by atoms with E-state index in [9.17, 15) is 31.9 Å². The fourth-order valence-corrected chi connectivity index (χ4v) is 7.04. The average molecular weight is 736 g/mol. The summed E-state index contributed by atoms with van der Waals surface area (Å²) in [4.78, 5) is 46.1. The molecule has 2 aromatic carbocycles. The summed E-state index contributed by atoms with van der Waals surface area (Å²) < 4.78 is 53.5. The minimum absolute atomic E-state index is 0.115. The van der Waals surface area contributed by atoms with Crippen LogP contribution in [0.25, 0.3) is 33.3 Å². The summed E-state index contributed by atoms with van der Waals surface area (Å²) in [5, 5.41) is 4.56. The second-order valence-electron chi connectivity index (χ2n) is 13.2. The Morgan fingerprint density at radius 1 is 1.06 bits per heavy atom. The number of fused-ring (bicyclic) bond motifs is 1. The summed E-state index contributed by atoms with van der Waals surface area (Å²) in [6, 6.07) is 10.7. The van der Waals surface area contributed by atoms with Crippen LogP contribution in [0.1, 0.15) is 28.8 Å². The van der Waals surface area contributed by atoms with Gasteiger partial charge < -0.3 is 30.7 Å². The predicted molar refractivity (Wildman–Crippen MR) is 191 cm³/mol. The number of benzene rings is 2. The van der Waals surface area contributed by atoms with Crippen molar-refractivity contribution in [2.24, 2.45) is 12.5 Å². The lowest BCUT2D eigenvalue weighted by molar-refractivity contribution is -0.140. The molecule has 4 heterocycles. The molecule has 2 aliphatic heterocycles. The number of rotatable bonds is 6. The van der Waals surface area contributed by atoms with Gasteiger partial charge in [0.25, 0.3) is 17.7 Å². The second-order valence-corrected chi connectivity index (χ2v) is 13.6. The number of nitrogens with two attached hydrogens (primary N) is 1. The van der Waals surface area contributed by atoms with Gasteiger partial charge >= 0.3 is 6.18 Å². The molecule has 52 heavy (non-hydrogen) atoms. The van der Waals surface area contributed by atoms with Crippen LogP contribution in [0.5, 0.6) is 0 Å². The number of anilines is 2. The van der Waals surface area contributed by atoms with E-state index in [4.69, 9.17) is 17.3 Å². The van der Waals surface area contributed by atoms with Gasteiger partial charge in [-0.2, -0.15) is 13.2 Å². The van der Waals surface area contributed by atoms with Crippen molar-refractivity contribution in [3.05, 3.63) is 77.2 Å². The lowest BCUT2D eigenvalue weighted by Crippen LogP contribution is -2.61. The number of nitrogen functional groups attached to an aromatic ring is 1. The van der Waals surface area contributed by atoms with Crippen LogP contribution in [0.15, 0.2) is 61.1 Å². The minimum Gasteiger partial charge on any atom is -0.383 e. The van der Waals surface area contributed by atoms with Crippen LogP contribution in [0.4, 0.5) is 29.1 Å². The number of hydrogen-bond donors (Lipinski definition) is 3. The highest BCUT2D eigenvalue weighted by Gasteiger charge is 2.46. The number of piperidine rings is 1. The molecular formula is C37H34ClF4N7O3. The number of likely N-dealkylation sites (tertiary alicyclic amines) is 2. The predicted octanol–water partition coefficient (Wildman–Crippen LogP) is 5.76. The van der Waals surface area contributed by atoms with Crippen molar-refractivity contribution in [2.75, 3.05) is 50.8 Å². The van der Waals surface area contributed by atoms with E-state index in [0.29, 0.717) is 57.6 Å². The standard InChI is InChI=1S/C37H34ClF4N7O3/c1-21(39)34(51)46-25-8-4-22(5-9-25)31-29(23-6-10-26(27(38)16-23)35(52)45-18-37(40,41)42)30-32(48(31)3)24(17-44-33(30)43)7-11-28(50)49-19-36(20-49)12-14-47(2)15-13-36/h4-6,8-10,16-17H,1,12-15,18-20H2,2-3H3,(H2,43,44)(H,45,52)(H,46,51). The number of carbonyl (C=O) groups is 3. The van der Waals surface area contributed by atoms with Gasteiger partial charge in [0.05, 0.1) is 32.7 Å². The van der Waals surface area contributed by atoms with Gasteiger partial charge in [-0.15, -0.1) is 0 Å². The van der Waals surface area contributed by atoms with Gasteiger partial charge in [-0.05, 0) is 68.4 Å². The Morgan fingerprint density at radius 3 is 2.33 bits per heavy atom. The Labute approximate surface area is 301 Å². The highest BCUT2D eigenvalue weighted by Crippen LogP contribution is 2.44. The molecule has 0 radical (unpaired) electrons. The number of amides is 3. The van der Waals surface area contributed by atoms with Crippen LogP contribution in [-0.4, -0.2) is 83.0 Å². The van der Waals surface area contributed by atoms with Crippen molar-refractivity contribution in [3.63, 3.8) is 0 Å². The monoisotopic (exact) mass is 735 g/mol. The van der Waals surface area contributed by atoms with Crippen LogP contribution in [0.2, 0.25) is 5.02 Å². The molecule has 2 aromatic heterocycles. The third-order valence-corrected chi connectivity index (χ3v) is 9.86. The van der Waals surface area contributed by atoms with Crippen LogP contribution in [0.3, 0.4) is 0 Å². The normalized spacial score (nSPS) is 15.5. The fraction of sp³-hybridized carbons (Fsp3) is 0.297. The van der Waals surface area contributed by atoms with Gasteiger partial charge in [-0.1, -0.05) is 42.3 Å². The topological polar surface area (TPSA) is 126 Å². The lowest BCUT2D eigenvalue weighted by Gasteiger charge is -2.53. The molecule has 6 rings (SSSR count). The SMILES string of the molecule is C=C(F)C(=O)Nc1ccc(-c2c(-c3ccc(C(=O)NCC(F)(F)F)c(Cl)c3)c3c(N)ncc(C#CC(=O)N4CC5(CCN(C)CC5)C4)c3n2C)cc1. The van der Waals surface area contributed by atoms with E-state index in [1.165, 1.54) is 24.4 Å². The first-order chi connectivity index (χ1) is 24.6. The molecule has 15 heteroatoms. The molecule has 270 valence electrons. The first kappa shape index (κ1) is 36.4. The summed E-state index contributed by atoms with van der Waals surface area (Å²) >= 11 is 6.50. The smallest absolute Gasteiger partial charge is 0.383 e. The Morgan fingerprint density at radius 2 is 1.71 bits per heavy atom. The summed E-state index contributed by atoms with van der Waals surface area (Å²) in [5.74, 6) is 2.43. The fourth-order valence-electron chi connectivity index (χ4n) is 6.78. The molecule has 0 unspecified atom stereocenters. The van der Waals surface area contributed by atoms with Crippen LogP contribution in [-0.2, 0) is 16.6 Å². The highest BCUT2D eigenvalue weighted by molar-refractivity contribution is 6.34. The number of nitrogens with zero attached hydrogens (tertiary/aromatic N) is 4. The molecule has 2 saturated heterocycles. The Bertz CT molecular complexity index is 2170. The van der Waals surface area contributed by atoms with E-state index >= 15 is 0 Å². The second kappa shape index (κ2) is 14.0. The number of aromatic nitrogens is 2. The van der Waals surface area contributed by atoms with Gasteiger partial charge in [-0.25, -0.2) is 9.37 Å². The number of nitrogens with one attached hydrogen (secondary N) is 2. The molecule has 2 aliphatic rings. The van der Waals surface area contributed by atoms with Gasteiger partial charge in [0, 0.05) is 48.9 Å². The van der Waals surface area contributed by atoms with E-state index in [0.717, 1.165) is 25.9 Å². The van der Waals surface area contributed by atoms with Crippen molar-refractivity contribution in [1.29, 1.82) is 0 Å². The number of halogens is 5. The quantitative estimate of drug-likeness (QED) is 0.131. The molecule has 0 saturated carbocycles. The third-order valence-electron chi connectivity index (χ3n) is 9.54. The van der Waals surface area contributed by atoms with Crippen LogP contribution < -0.4 is 16.4 Å². The molecule has 2 fully saturated rings. The van der Waals surface area contributed by atoms with Crippen molar-refractivity contribution < 1.29 is 31.9 Å². The molecule has 4 N–H and O–H groups in total. The van der Waals surface area contributed by atoms with Crippen molar-refractivity contribution in [1.82, 2.24) is 24.7 Å². The maximum atomic E-state index is 13.3. The summed E-state index contributed by atoms with van der Waals surface area (Å²) in [7, 11) is 3.85. The lowest BCUT2D eigenvalue weighted by atomic mass is 9.72. The average Bonchev–Trinajstić information content (AvgIpc) is 3.39. The summed E-state index contributed by atoms with van der Waals surface area (Å²) in [6.45, 7) is 4.77. The maximum Gasteiger partial charge on any atom is 0.405 e. The zero-order valence-corrected chi connectivity index (χ0v) is 29.0. The first-order valence-electron chi connectivity index (χ1n) is 16.2. The van der Waals surface area contributed by atoms with Gasteiger partial charge in [-0.3, -0.25) is 14.4 Å². The molecule has 1 spiro atoms. The zero-order valence-electron chi connectivity index (χ0n) is 28.3. The molecule has 0 bridgehead atoms. The van der Waals surface area contributed by atoms with Gasteiger partial charge in [0.2, 0.25) is 0 Å². The Hall–Kier alpha value is -5.39. The minimum atomic E-state index is -4.61.